The smallest absolute Gasteiger partial charge is 0.397 e. The average Bonchev–Trinajstić information content (AvgIpc) is 3.12. The van der Waals surface area contributed by atoms with Crippen LogP contribution in [0.5, 0.6) is 0 Å². The van der Waals surface area contributed by atoms with Crippen molar-refractivity contribution < 1.29 is 23.1 Å². The summed E-state index contributed by atoms with van der Waals surface area (Å²) in [5, 5.41) is 11.4. The van der Waals surface area contributed by atoms with Crippen LogP contribution in [0.1, 0.15) is 12.7 Å². The standard InChI is InChI=1S/C16H18F2N6O3/c1-2-27-16(26)15(25)23-7-5-22(6-8-23)10-14-19-20-21-24(14)11-3-4-12(17)13(18)9-11/h3-4,9H,2,5-8,10H2,1H3. The Kier molecular flexibility index (Phi) is 5.69. The van der Waals surface area contributed by atoms with E-state index in [4.69, 9.17) is 4.74 Å². The van der Waals surface area contributed by atoms with Crippen LogP contribution in [0.25, 0.3) is 5.69 Å². The molecule has 27 heavy (non-hydrogen) atoms. The Hall–Kier alpha value is -2.95. The molecule has 11 heteroatoms. The number of halogens is 2. The molecule has 0 aliphatic carbocycles. The number of carbonyl (C=O) groups excluding carboxylic acids is 2. The van der Waals surface area contributed by atoms with Gasteiger partial charge in [-0.3, -0.25) is 9.69 Å². The predicted octanol–water partition coefficient (Wildman–Crippen LogP) is 0.148. The molecule has 0 saturated carbocycles. The van der Waals surface area contributed by atoms with Crippen molar-refractivity contribution in [1.29, 1.82) is 0 Å². The van der Waals surface area contributed by atoms with Crippen molar-refractivity contribution in [3.05, 3.63) is 35.7 Å². The van der Waals surface area contributed by atoms with Crippen molar-refractivity contribution in [2.24, 2.45) is 0 Å². The summed E-state index contributed by atoms with van der Waals surface area (Å²) in [7, 11) is 0. The summed E-state index contributed by atoms with van der Waals surface area (Å²) in [4.78, 5) is 26.9. The van der Waals surface area contributed by atoms with Gasteiger partial charge in [0.15, 0.2) is 17.5 Å². The minimum atomic E-state index is -0.986. The maximum atomic E-state index is 13.5. The molecular weight excluding hydrogens is 362 g/mol. The number of aromatic nitrogens is 4. The SMILES string of the molecule is CCOC(=O)C(=O)N1CCN(Cc2nnnn2-c2ccc(F)c(F)c2)CC1. The fraction of sp³-hybridized carbons (Fsp3) is 0.438. The van der Waals surface area contributed by atoms with Gasteiger partial charge in [-0.15, -0.1) is 5.10 Å². The van der Waals surface area contributed by atoms with E-state index < -0.39 is 23.5 Å². The number of ether oxygens (including phenoxy) is 1. The van der Waals surface area contributed by atoms with E-state index in [0.717, 1.165) is 12.1 Å². The van der Waals surface area contributed by atoms with E-state index in [2.05, 4.69) is 15.5 Å². The third-order valence-corrected chi connectivity index (χ3v) is 4.16. The zero-order chi connectivity index (χ0) is 19.4. The number of hydrogen-bond acceptors (Lipinski definition) is 7. The Morgan fingerprint density at radius 1 is 1.15 bits per heavy atom. The molecule has 1 saturated heterocycles. The summed E-state index contributed by atoms with van der Waals surface area (Å²) in [6.07, 6.45) is 0. The highest BCUT2D eigenvalue weighted by Crippen LogP contribution is 2.15. The summed E-state index contributed by atoms with van der Waals surface area (Å²) in [5.74, 6) is -2.99. The van der Waals surface area contributed by atoms with Gasteiger partial charge in [0.1, 0.15) is 0 Å². The number of rotatable bonds is 4. The number of esters is 1. The van der Waals surface area contributed by atoms with E-state index in [1.807, 2.05) is 4.90 Å². The number of nitrogens with zero attached hydrogens (tertiary/aromatic N) is 6. The van der Waals surface area contributed by atoms with Gasteiger partial charge in [0.2, 0.25) is 0 Å². The van der Waals surface area contributed by atoms with Gasteiger partial charge in [-0.2, -0.15) is 4.68 Å². The summed E-state index contributed by atoms with van der Waals surface area (Å²) < 4.78 is 32.6. The molecule has 1 aliphatic heterocycles. The van der Waals surface area contributed by atoms with E-state index in [-0.39, 0.29) is 6.61 Å². The van der Waals surface area contributed by atoms with Crippen LogP contribution in [0.15, 0.2) is 18.2 Å². The maximum absolute atomic E-state index is 13.5. The Balaban J connectivity index is 1.62. The van der Waals surface area contributed by atoms with Gasteiger partial charge >= 0.3 is 11.9 Å². The first-order chi connectivity index (χ1) is 13.0. The molecule has 0 atom stereocenters. The molecule has 0 bridgehead atoms. The molecular formula is C16H18F2N6O3. The molecule has 1 aliphatic rings. The Bertz CT molecular complexity index is 835. The van der Waals surface area contributed by atoms with Crippen molar-refractivity contribution >= 4 is 11.9 Å². The van der Waals surface area contributed by atoms with Gasteiger partial charge in [0.25, 0.3) is 0 Å². The van der Waals surface area contributed by atoms with E-state index in [0.29, 0.717) is 44.2 Å². The van der Waals surface area contributed by atoms with Crippen LogP contribution < -0.4 is 0 Å². The maximum Gasteiger partial charge on any atom is 0.397 e. The molecule has 0 N–H and O–H groups in total. The second-order valence-electron chi connectivity index (χ2n) is 5.89. The van der Waals surface area contributed by atoms with E-state index >= 15 is 0 Å². The lowest BCUT2D eigenvalue weighted by atomic mass is 10.3. The number of tetrazole rings is 1. The molecule has 1 aromatic heterocycles. The molecule has 2 heterocycles. The molecule has 144 valence electrons. The topological polar surface area (TPSA) is 93.5 Å². The minimum absolute atomic E-state index is 0.150. The summed E-state index contributed by atoms with van der Waals surface area (Å²) in [6.45, 7) is 3.89. The number of amides is 1. The summed E-state index contributed by atoms with van der Waals surface area (Å²) in [6, 6.07) is 3.41. The number of carbonyl (C=O) groups is 2. The molecule has 9 nitrogen and oxygen atoms in total. The molecule has 1 aromatic carbocycles. The highest BCUT2D eigenvalue weighted by atomic mass is 19.2. The van der Waals surface area contributed by atoms with Crippen LogP contribution in [0, 0.1) is 11.6 Å². The average molecular weight is 380 g/mol. The molecule has 1 fully saturated rings. The van der Waals surface area contributed by atoms with Gasteiger partial charge < -0.3 is 9.64 Å². The van der Waals surface area contributed by atoms with E-state index in [1.165, 1.54) is 15.6 Å². The molecule has 2 aromatic rings. The summed E-state index contributed by atoms with van der Waals surface area (Å²) >= 11 is 0. The van der Waals surface area contributed by atoms with Crippen LogP contribution in [0.4, 0.5) is 8.78 Å². The largest absolute Gasteiger partial charge is 0.459 e. The Morgan fingerprint density at radius 3 is 2.56 bits per heavy atom. The lowest BCUT2D eigenvalue weighted by Crippen LogP contribution is -2.50. The fourth-order valence-corrected chi connectivity index (χ4v) is 2.75. The first kappa shape index (κ1) is 18.8. The lowest BCUT2D eigenvalue weighted by Gasteiger charge is -2.33. The van der Waals surface area contributed by atoms with Crippen LogP contribution in [0.2, 0.25) is 0 Å². The van der Waals surface area contributed by atoms with Crippen LogP contribution in [-0.2, 0) is 20.9 Å². The lowest BCUT2D eigenvalue weighted by molar-refractivity contribution is -0.160. The highest BCUT2D eigenvalue weighted by molar-refractivity contribution is 6.32. The number of hydrogen-bond donors (Lipinski definition) is 0. The third-order valence-electron chi connectivity index (χ3n) is 4.16. The van der Waals surface area contributed by atoms with Gasteiger partial charge in [-0.1, -0.05) is 0 Å². The Morgan fingerprint density at radius 2 is 1.89 bits per heavy atom. The Labute approximate surface area is 153 Å². The van der Waals surface area contributed by atoms with Crippen molar-refractivity contribution in [3.63, 3.8) is 0 Å². The summed E-state index contributed by atoms with van der Waals surface area (Å²) in [5.41, 5.74) is 0.310. The van der Waals surface area contributed by atoms with Crippen LogP contribution in [0.3, 0.4) is 0 Å². The van der Waals surface area contributed by atoms with Crippen LogP contribution in [-0.4, -0.2) is 74.7 Å². The van der Waals surface area contributed by atoms with Gasteiger partial charge in [0.05, 0.1) is 18.8 Å². The normalized spacial score (nSPS) is 15.0. The zero-order valence-corrected chi connectivity index (χ0v) is 14.6. The van der Waals surface area contributed by atoms with Crippen molar-refractivity contribution in [2.75, 3.05) is 32.8 Å². The zero-order valence-electron chi connectivity index (χ0n) is 14.6. The van der Waals surface area contributed by atoms with E-state index in [1.54, 1.807) is 6.92 Å². The number of benzene rings is 1. The molecule has 0 unspecified atom stereocenters. The molecule has 3 rings (SSSR count). The first-order valence-corrected chi connectivity index (χ1v) is 8.40. The van der Waals surface area contributed by atoms with Gasteiger partial charge in [0, 0.05) is 32.2 Å². The van der Waals surface area contributed by atoms with Gasteiger partial charge in [-0.25, -0.2) is 13.6 Å². The molecule has 0 radical (unpaired) electrons. The second kappa shape index (κ2) is 8.16. The first-order valence-electron chi connectivity index (χ1n) is 8.40. The van der Waals surface area contributed by atoms with Crippen LogP contribution >= 0.6 is 0 Å². The highest BCUT2D eigenvalue weighted by Gasteiger charge is 2.27. The quantitative estimate of drug-likeness (QED) is 0.550. The fourth-order valence-electron chi connectivity index (χ4n) is 2.75. The minimum Gasteiger partial charge on any atom is -0.459 e. The number of piperazine rings is 1. The third kappa shape index (κ3) is 4.25. The monoisotopic (exact) mass is 380 g/mol. The second-order valence-corrected chi connectivity index (χ2v) is 5.89. The van der Waals surface area contributed by atoms with Crippen molar-refractivity contribution in [2.45, 2.75) is 13.5 Å². The molecule has 0 spiro atoms. The predicted molar refractivity (Wildman–Crippen MR) is 87.6 cm³/mol. The molecule has 1 amide bonds. The van der Waals surface area contributed by atoms with Gasteiger partial charge in [-0.05, 0) is 29.5 Å². The van der Waals surface area contributed by atoms with Crippen molar-refractivity contribution in [3.8, 4) is 5.69 Å². The van der Waals surface area contributed by atoms with E-state index in [9.17, 15) is 18.4 Å². The van der Waals surface area contributed by atoms with Crippen molar-refractivity contribution in [1.82, 2.24) is 30.0 Å².